The van der Waals surface area contributed by atoms with Crippen molar-refractivity contribution in [1.29, 1.82) is 0 Å². The quantitative estimate of drug-likeness (QED) is 0.866. The number of ether oxygens (including phenoxy) is 1. The lowest BCUT2D eigenvalue weighted by molar-refractivity contribution is -0.0115. The Labute approximate surface area is 127 Å². The number of rotatable bonds is 6. The molecule has 0 radical (unpaired) electrons. The number of hydrogen-bond acceptors (Lipinski definition) is 2. The smallest absolute Gasteiger partial charge is 0.0604 e. The second kappa shape index (κ2) is 6.88. The Hall–Kier alpha value is -1.64. The van der Waals surface area contributed by atoms with Crippen LogP contribution in [0.5, 0.6) is 0 Å². The van der Waals surface area contributed by atoms with Crippen LogP contribution in [0, 0.1) is 0 Å². The first-order valence-electron chi connectivity index (χ1n) is 7.84. The van der Waals surface area contributed by atoms with Crippen molar-refractivity contribution in [3.8, 4) is 0 Å². The van der Waals surface area contributed by atoms with Crippen molar-refractivity contribution in [3.05, 3.63) is 71.8 Å². The zero-order valence-electron chi connectivity index (χ0n) is 12.5. The van der Waals surface area contributed by atoms with Crippen LogP contribution in [0.1, 0.15) is 36.9 Å². The predicted octanol–water partition coefficient (Wildman–Crippen LogP) is 3.93. The maximum absolute atomic E-state index is 5.66. The monoisotopic (exact) mass is 281 g/mol. The molecule has 2 aromatic rings. The summed E-state index contributed by atoms with van der Waals surface area (Å²) in [6, 6.07) is 22.2. The number of nitrogens with one attached hydrogen (secondary N) is 1. The first kappa shape index (κ1) is 14.3. The molecule has 0 aromatic heterocycles. The average molecular weight is 281 g/mol. The van der Waals surface area contributed by atoms with Gasteiger partial charge in [0.2, 0.25) is 0 Å². The minimum Gasteiger partial charge on any atom is -0.378 e. The van der Waals surface area contributed by atoms with E-state index in [-0.39, 0.29) is 6.04 Å². The third-order valence-electron chi connectivity index (χ3n) is 4.17. The van der Waals surface area contributed by atoms with Gasteiger partial charge in [-0.1, -0.05) is 60.7 Å². The second-order valence-corrected chi connectivity index (χ2v) is 5.67. The summed E-state index contributed by atoms with van der Waals surface area (Å²) in [4.78, 5) is 0. The van der Waals surface area contributed by atoms with Gasteiger partial charge < -0.3 is 10.1 Å². The highest BCUT2D eigenvalue weighted by atomic mass is 16.5. The molecule has 0 amide bonds. The van der Waals surface area contributed by atoms with Crippen LogP contribution in [-0.4, -0.2) is 18.8 Å². The molecule has 1 fully saturated rings. The van der Waals surface area contributed by atoms with Gasteiger partial charge in [0, 0.05) is 12.6 Å². The highest BCUT2D eigenvalue weighted by Gasteiger charge is 2.31. The Balaban J connectivity index is 1.72. The molecule has 0 saturated heterocycles. The summed E-state index contributed by atoms with van der Waals surface area (Å²) in [5.41, 5.74) is 2.65. The molecule has 0 bridgehead atoms. The molecule has 21 heavy (non-hydrogen) atoms. The summed E-state index contributed by atoms with van der Waals surface area (Å²) < 4.78 is 5.66. The molecule has 1 saturated carbocycles. The number of benzene rings is 2. The summed E-state index contributed by atoms with van der Waals surface area (Å²) in [5, 5.41) is 3.79. The van der Waals surface area contributed by atoms with E-state index >= 15 is 0 Å². The third kappa shape index (κ3) is 3.52. The van der Waals surface area contributed by atoms with Gasteiger partial charge in [-0.05, 0) is 30.9 Å². The van der Waals surface area contributed by atoms with E-state index in [4.69, 9.17) is 4.74 Å². The van der Waals surface area contributed by atoms with Crippen LogP contribution >= 0.6 is 0 Å². The fraction of sp³-hybridized carbons (Fsp3) is 0.368. The van der Waals surface area contributed by atoms with Gasteiger partial charge in [-0.2, -0.15) is 0 Å². The predicted molar refractivity (Wildman–Crippen MR) is 86.3 cm³/mol. The summed E-state index contributed by atoms with van der Waals surface area (Å²) in [6.45, 7) is 2.88. The fourth-order valence-electron chi connectivity index (χ4n) is 2.99. The van der Waals surface area contributed by atoms with Crippen LogP contribution in [0.15, 0.2) is 60.7 Å². The minimum atomic E-state index is 0.264. The van der Waals surface area contributed by atoms with E-state index in [0.29, 0.717) is 12.1 Å². The van der Waals surface area contributed by atoms with Gasteiger partial charge in [-0.25, -0.2) is 0 Å². The summed E-state index contributed by atoms with van der Waals surface area (Å²) >= 11 is 0. The van der Waals surface area contributed by atoms with Crippen LogP contribution < -0.4 is 5.32 Å². The molecule has 2 nitrogen and oxygen atoms in total. The van der Waals surface area contributed by atoms with Crippen LogP contribution in [0.25, 0.3) is 0 Å². The molecule has 1 aliphatic rings. The molecule has 0 unspecified atom stereocenters. The maximum atomic E-state index is 5.66. The molecule has 2 heteroatoms. The normalized spacial score (nSPS) is 21.2. The molecule has 1 aliphatic carbocycles. The first-order valence-corrected chi connectivity index (χ1v) is 7.84. The molecular formula is C19H23NO. The van der Waals surface area contributed by atoms with Gasteiger partial charge in [0.1, 0.15) is 0 Å². The molecule has 0 atom stereocenters. The Morgan fingerprint density at radius 1 is 0.952 bits per heavy atom. The lowest BCUT2D eigenvalue weighted by Crippen LogP contribution is -2.47. The van der Waals surface area contributed by atoms with E-state index in [1.807, 2.05) is 0 Å². The van der Waals surface area contributed by atoms with Gasteiger partial charge >= 0.3 is 0 Å². The molecule has 0 spiro atoms. The van der Waals surface area contributed by atoms with Crippen LogP contribution in [-0.2, 0) is 4.74 Å². The Bertz CT molecular complexity index is 495. The third-order valence-corrected chi connectivity index (χ3v) is 4.17. The molecule has 2 aromatic carbocycles. The van der Waals surface area contributed by atoms with E-state index in [9.17, 15) is 0 Å². The van der Waals surface area contributed by atoms with Gasteiger partial charge in [-0.15, -0.1) is 0 Å². The van der Waals surface area contributed by atoms with E-state index in [1.54, 1.807) is 0 Å². The molecule has 0 aliphatic heterocycles. The van der Waals surface area contributed by atoms with E-state index < -0.39 is 0 Å². The van der Waals surface area contributed by atoms with E-state index in [2.05, 4.69) is 72.9 Å². The summed E-state index contributed by atoms with van der Waals surface area (Å²) in [6.07, 6.45) is 2.67. The van der Waals surface area contributed by atoms with Crippen LogP contribution in [0.3, 0.4) is 0 Å². The van der Waals surface area contributed by atoms with Crippen molar-refractivity contribution in [3.63, 3.8) is 0 Å². The fourth-order valence-corrected chi connectivity index (χ4v) is 2.99. The van der Waals surface area contributed by atoms with Gasteiger partial charge in [-0.3, -0.25) is 0 Å². The van der Waals surface area contributed by atoms with Crippen molar-refractivity contribution in [2.75, 3.05) is 6.61 Å². The van der Waals surface area contributed by atoms with Crippen LogP contribution in [0.4, 0.5) is 0 Å². The van der Waals surface area contributed by atoms with Gasteiger partial charge in [0.05, 0.1) is 12.1 Å². The Morgan fingerprint density at radius 3 is 1.95 bits per heavy atom. The van der Waals surface area contributed by atoms with E-state index in [0.717, 1.165) is 19.4 Å². The highest BCUT2D eigenvalue weighted by Crippen LogP contribution is 2.29. The molecule has 110 valence electrons. The zero-order valence-corrected chi connectivity index (χ0v) is 12.5. The minimum absolute atomic E-state index is 0.264. The average Bonchev–Trinajstić information content (AvgIpc) is 2.51. The maximum Gasteiger partial charge on any atom is 0.0604 e. The summed E-state index contributed by atoms with van der Waals surface area (Å²) in [7, 11) is 0. The van der Waals surface area contributed by atoms with Crippen molar-refractivity contribution in [1.82, 2.24) is 5.32 Å². The zero-order chi connectivity index (χ0) is 14.5. The van der Waals surface area contributed by atoms with Gasteiger partial charge in [0.15, 0.2) is 0 Å². The Morgan fingerprint density at radius 2 is 1.48 bits per heavy atom. The molecule has 0 heterocycles. The van der Waals surface area contributed by atoms with E-state index in [1.165, 1.54) is 11.1 Å². The topological polar surface area (TPSA) is 21.3 Å². The highest BCUT2D eigenvalue weighted by molar-refractivity contribution is 5.31. The largest absolute Gasteiger partial charge is 0.378 e. The van der Waals surface area contributed by atoms with Gasteiger partial charge in [0.25, 0.3) is 0 Å². The molecule has 1 N–H and O–H groups in total. The lowest BCUT2D eigenvalue weighted by Gasteiger charge is -2.38. The molecular weight excluding hydrogens is 258 g/mol. The standard InChI is InChI=1S/C19H23NO/c1-2-21-18-13-17(14-18)20-19(15-9-5-3-6-10-15)16-11-7-4-8-12-16/h3-12,17-20H,2,13-14H2,1H3. The van der Waals surface area contributed by atoms with Crippen molar-refractivity contribution >= 4 is 0 Å². The van der Waals surface area contributed by atoms with Crippen molar-refractivity contribution < 1.29 is 4.74 Å². The SMILES string of the molecule is CCOC1CC(NC(c2ccccc2)c2ccccc2)C1. The lowest BCUT2D eigenvalue weighted by atomic mass is 9.87. The second-order valence-electron chi connectivity index (χ2n) is 5.67. The van der Waals surface area contributed by atoms with Crippen molar-refractivity contribution in [2.24, 2.45) is 0 Å². The Kier molecular flexibility index (Phi) is 4.69. The first-order chi connectivity index (χ1) is 10.4. The van der Waals surface area contributed by atoms with Crippen molar-refractivity contribution in [2.45, 2.75) is 38.0 Å². The van der Waals surface area contributed by atoms with Crippen LogP contribution in [0.2, 0.25) is 0 Å². The number of hydrogen-bond donors (Lipinski definition) is 1. The summed E-state index contributed by atoms with van der Waals surface area (Å²) in [5.74, 6) is 0. The molecule has 3 rings (SSSR count).